The van der Waals surface area contributed by atoms with Crippen molar-refractivity contribution in [3.63, 3.8) is 0 Å². The quantitative estimate of drug-likeness (QED) is 0.833. The second-order valence-electron chi connectivity index (χ2n) is 3.65. The van der Waals surface area contributed by atoms with Gasteiger partial charge in [-0.3, -0.25) is 4.79 Å². The van der Waals surface area contributed by atoms with Crippen molar-refractivity contribution in [1.82, 2.24) is 4.98 Å². The third-order valence-electron chi connectivity index (χ3n) is 2.27. The van der Waals surface area contributed by atoms with E-state index in [1.54, 1.807) is 32.0 Å². The average molecular weight is 251 g/mol. The highest BCUT2D eigenvalue weighted by molar-refractivity contribution is 6.29. The number of aromatic nitrogens is 1. The highest BCUT2D eigenvalue weighted by Gasteiger charge is 2.13. The summed E-state index contributed by atoms with van der Waals surface area (Å²) in [5.74, 6) is 1.09. The predicted octanol–water partition coefficient (Wildman–Crippen LogP) is 3.20. The van der Waals surface area contributed by atoms with Crippen LogP contribution in [0.4, 0.5) is 5.69 Å². The van der Waals surface area contributed by atoms with Crippen LogP contribution in [-0.2, 0) is 0 Å². The van der Waals surface area contributed by atoms with Crippen molar-refractivity contribution in [3.05, 3.63) is 46.6 Å². The lowest BCUT2D eigenvalue weighted by Gasteiger charge is -2.03. The Hall–Kier alpha value is -1.81. The molecule has 2 heterocycles. The maximum Gasteiger partial charge on any atom is 0.259 e. The Morgan fingerprint density at radius 3 is 2.76 bits per heavy atom. The Labute approximate surface area is 104 Å². The first-order valence-electron chi connectivity index (χ1n) is 5.06. The van der Waals surface area contributed by atoms with Crippen LogP contribution in [0.15, 0.2) is 28.8 Å². The molecule has 0 fully saturated rings. The second kappa shape index (κ2) is 4.59. The number of halogens is 1. The van der Waals surface area contributed by atoms with E-state index in [0.29, 0.717) is 27.9 Å². The number of pyridine rings is 1. The van der Waals surface area contributed by atoms with Gasteiger partial charge in [-0.15, -0.1) is 0 Å². The second-order valence-corrected chi connectivity index (χ2v) is 4.04. The molecule has 4 nitrogen and oxygen atoms in total. The lowest BCUT2D eigenvalue weighted by atomic mass is 10.2. The van der Waals surface area contributed by atoms with E-state index >= 15 is 0 Å². The minimum atomic E-state index is -0.221. The zero-order chi connectivity index (χ0) is 12.4. The number of hydrogen-bond acceptors (Lipinski definition) is 3. The zero-order valence-electron chi connectivity index (χ0n) is 9.45. The molecule has 88 valence electrons. The maximum absolute atomic E-state index is 11.9. The van der Waals surface area contributed by atoms with Gasteiger partial charge in [-0.05, 0) is 32.0 Å². The van der Waals surface area contributed by atoms with E-state index in [4.69, 9.17) is 16.0 Å². The molecule has 0 aromatic carbocycles. The summed E-state index contributed by atoms with van der Waals surface area (Å²) in [6, 6.07) is 4.96. The Bertz CT molecular complexity index is 563. The van der Waals surface area contributed by atoms with Crippen molar-refractivity contribution < 1.29 is 9.21 Å². The van der Waals surface area contributed by atoms with Gasteiger partial charge in [0, 0.05) is 11.9 Å². The lowest BCUT2D eigenvalue weighted by Crippen LogP contribution is -2.12. The number of nitrogens with one attached hydrogen (secondary N) is 1. The normalized spacial score (nSPS) is 10.3. The Morgan fingerprint density at radius 1 is 1.41 bits per heavy atom. The minimum absolute atomic E-state index is 0.221. The summed E-state index contributed by atoms with van der Waals surface area (Å²) in [5, 5.41) is 3.07. The fourth-order valence-corrected chi connectivity index (χ4v) is 1.71. The Balaban J connectivity index is 2.20. The molecule has 0 bridgehead atoms. The minimum Gasteiger partial charge on any atom is -0.466 e. The molecule has 2 rings (SSSR count). The van der Waals surface area contributed by atoms with Gasteiger partial charge in [0.15, 0.2) is 0 Å². The van der Waals surface area contributed by atoms with Crippen molar-refractivity contribution in [2.24, 2.45) is 0 Å². The highest BCUT2D eigenvalue weighted by atomic mass is 35.5. The molecule has 0 saturated heterocycles. The molecule has 1 N–H and O–H groups in total. The molecule has 5 heteroatoms. The number of carbonyl (C=O) groups excluding carboxylic acids is 1. The van der Waals surface area contributed by atoms with Gasteiger partial charge in [-0.25, -0.2) is 4.98 Å². The standard InChI is InChI=1S/C12H11ClN2O2/c1-7-5-10(8(2)17-7)12(16)15-9-3-4-14-11(13)6-9/h3-6H,1-2H3,(H,14,15,16). The number of carbonyl (C=O) groups is 1. The molecule has 2 aromatic heterocycles. The van der Waals surface area contributed by atoms with E-state index in [-0.39, 0.29) is 5.91 Å². The summed E-state index contributed by atoms with van der Waals surface area (Å²) >= 11 is 5.73. The van der Waals surface area contributed by atoms with E-state index in [0.717, 1.165) is 0 Å². The molecule has 17 heavy (non-hydrogen) atoms. The van der Waals surface area contributed by atoms with Gasteiger partial charge in [0.05, 0.1) is 5.56 Å². The van der Waals surface area contributed by atoms with Crippen molar-refractivity contribution in [2.45, 2.75) is 13.8 Å². The fourth-order valence-electron chi connectivity index (χ4n) is 1.53. The molecule has 0 saturated carbocycles. The van der Waals surface area contributed by atoms with Gasteiger partial charge in [-0.1, -0.05) is 11.6 Å². The highest BCUT2D eigenvalue weighted by Crippen LogP contribution is 2.17. The molecule has 0 spiro atoms. The maximum atomic E-state index is 11.9. The first-order valence-corrected chi connectivity index (χ1v) is 5.44. The van der Waals surface area contributed by atoms with E-state index in [9.17, 15) is 4.79 Å². The molecule has 0 unspecified atom stereocenters. The summed E-state index contributed by atoms with van der Waals surface area (Å²) in [5.41, 5.74) is 1.13. The first-order chi connectivity index (χ1) is 8.06. The third-order valence-corrected chi connectivity index (χ3v) is 2.48. The lowest BCUT2D eigenvalue weighted by molar-refractivity contribution is 0.102. The largest absolute Gasteiger partial charge is 0.466 e. The van der Waals surface area contributed by atoms with Crippen LogP contribution in [0.2, 0.25) is 5.15 Å². The number of hydrogen-bond donors (Lipinski definition) is 1. The molecule has 1 amide bonds. The SMILES string of the molecule is Cc1cc(C(=O)Nc2ccnc(Cl)c2)c(C)o1. The van der Waals surface area contributed by atoms with Crippen LogP contribution < -0.4 is 5.32 Å². The van der Waals surface area contributed by atoms with E-state index in [1.165, 1.54) is 6.20 Å². The number of amides is 1. The van der Waals surface area contributed by atoms with Gasteiger partial charge in [0.25, 0.3) is 5.91 Å². The van der Waals surface area contributed by atoms with Gasteiger partial charge in [-0.2, -0.15) is 0 Å². The number of rotatable bonds is 2. The Kier molecular flexibility index (Phi) is 3.15. The smallest absolute Gasteiger partial charge is 0.259 e. The number of furan rings is 1. The van der Waals surface area contributed by atoms with E-state index < -0.39 is 0 Å². The van der Waals surface area contributed by atoms with Crippen LogP contribution in [0.5, 0.6) is 0 Å². The summed E-state index contributed by atoms with van der Waals surface area (Å²) in [6.45, 7) is 3.55. The van der Waals surface area contributed by atoms with Crippen LogP contribution in [0.1, 0.15) is 21.9 Å². The predicted molar refractivity (Wildman–Crippen MR) is 65.4 cm³/mol. The molecule has 0 radical (unpaired) electrons. The van der Waals surface area contributed by atoms with Gasteiger partial charge >= 0.3 is 0 Å². The van der Waals surface area contributed by atoms with Crippen molar-refractivity contribution in [3.8, 4) is 0 Å². The summed E-state index contributed by atoms with van der Waals surface area (Å²) < 4.78 is 5.30. The van der Waals surface area contributed by atoms with E-state index in [2.05, 4.69) is 10.3 Å². The zero-order valence-corrected chi connectivity index (χ0v) is 10.2. The topological polar surface area (TPSA) is 55.1 Å². The number of anilines is 1. The molecular weight excluding hydrogens is 240 g/mol. The van der Waals surface area contributed by atoms with Crippen molar-refractivity contribution >= 4 is 23.2 Å². The van der Waals surface area contributed by atoms with Gasteiger partial charge < -0.3 is 9.73 Å². The third kappa shape index (κ3) is 2.65. The van der Waals surface area contributed by atoms with Crippen molar-refractivity contribution in [1.29, 1.82) is 0 Å². The van der Waals surface area contributed by atoms with Gasteiger partial charge in [0.1, 0.15) is 16.7 Å². The summed E-state index contributed by atoms with van der Waals surface area (Å²) in [6.07, 6.45) is 1.53. The molecule has 0 aliphatic rings. The fraction of sp³-hybridized carbons (Fsp3) is 0.167. The average Bonchev–Trinajstić information content (AvgIpc) is 2.58. The Morgan fingerprint density at radius 2 is 2.18 bits per heavy atom. The summed E-state index contributed by atoms with van der Waals surface area (Å²) in [7, 11) is 0. The van der Waals surface area contributed by atoms with Crippen LogP contribution in [-0.4, -0.2) is 10.9 Å². The van der Waals surface area contributed by atoms with Crippen LogP contribution >= 0.6 is 11.6 Å². The molecule has 0 aliphatic carbocycles. The molecule has 2 aromatic rings. The first kappa shape index (κ1) is 11.7. The molecular formula is C12H11ClN2O2. The monoisotopic (exact) mass is 250 g/mol. The molecule has 0 atom stereocenters. The summed E-state index contributed by atoms with van der Waals surface area (Å²) in [4.78, 5) is 15.8. The van der Waals surface area contributed by atoms with Gasteiger partial charge in [0.2, 0.25) is 0 Å². The van der Waals surface area contributed by atoms with E-state index in [1.807, 2.05) is 0 Å². The van der Waals surface area contributed by atoms with Crippen LogP contribution in [0.3, 0.4) is 0 Å². The van der Waals surface area contributed by atoms with Crippen molar-refractivity contribution in [2.75, 3.05) is 5.32 Å². The number of nitrogens with zero attached hydrogens (tertiary/aromatic N) is 1. The number of aryl methyl sites for hydroxylation is 2. The van der Waals surface area contributed by atoms with Crippen LogP contribution in [0, 0.1) is 13.8 Å². The molecule has 0 aliphatic heterocycles. The van der Waals surface area contributed by atoms with Crippen LogP contribution in [0.25, 0.3) is 0 Å².